The predicted octanol–water partition coefficient (Wildman–Crippen LogP) is 3.63. The molecule has 0 aliphatic carbocycles. The van der Waals surface area contributed by atoms with Gasteiger partial charge in [-0.1, -0.05) is 18.2 Å². The van der Waals surface area contributed by atoms with Crippen molar-refractivity contribution in [2.24, 2.45) is 5.92 Å². The molecule has 0 spiro atoms. The Labute approximate surface area is 147 Å². The summed E-state index contributed by atoms with van der Waals surface area (Å²) in [6.45, 7) is 4.66. The third kappa shape index (κ3) is 3.55. The zero-order valence-corrected chi connectivity index (χ0v) is 14.4. The maximum absolute atomic E-state index is 5.87. The molecule has 5 heteroatoms. The topological polar surface area (TPSA) is 51.1 Å². The number of nitrogens with zero attached hydrogens (tertiary/aromatic N) is 4. The van der Waals surface area contributed by atoms with Crippen LogP contribution >= 0.6 is 0 Å². The van der Waals surface area contributed by atoms with Crippen LogP contribution in [0.4, 0.5) is 5.82 Å². The fourth-order valence-electron chi connectivity index (χ4n) is 3.29. The monoisotopic (exact) mass is 334 g/mol. The number of para-hydroxylation sites is 1. The Morgan fingerprint density at radius 2 is 1.84 bits per heavy atom. The first kappa shape index (κ1) is 15.8. The highest BCUT2D eigenvalue weighted by Crippen LogP contribution is 2.24. The normalized spacial score (nSPS) is 15.5. The van der Waals surface area contributed by atoms with Crippen LogP contribution in [0.2, 0.25) is 0 Å². The van der Waals surface area contributed by atoms with Crippen molar-refractivity contribution >= 4 is 16.7 Å². The van der Waals surface area contributed by atoms with Gasteiger partial charge in [0.05, 0.1) is 17.8 Å². The Balaban J connectivity index is 1.35. The first-order valence-corrected chi connectivity index (χ1v) is 8.81. The number of piperidine rings is 1. The van der Waals surface area contributed by atoms with Crippen molar-refractivity contribution in [2.75, 3.05) is 24.6 Å². The van der Waals surface area contributed by atoms with E-state index in [0.29, 0.717) is 18.4 Å². The van der Waals surface area contributed by atoms with E-state index in [-0.39, 0.29) is 0 Å². The molecular formula is C20H22N4O. The van der Waals surface area contributed by atoms with Gasteiger partial charge in [0.1, 0.15) is 5.82 Å². The third-order valence-electron chi connectivity index (χ3n) is 4.81. The number of pyridine rings is 1. The van der Waals surface area contributed by atoms with E-state index in [1.54, 1.807) is 12.4 Å². The van der Waals surface area contributed by atoms with Gasteiger partial charge in [0.15, 0.2) is 0 Å². The van der Waals surface area contributed by atoms with E-state index in [9.17, 15) is 0 Å². The van der Waals surface area contributed by atoms with E-state index in [1.165, 1.54) is 5.39 Å². The van der Waals surface area contributed by atoms with Crippen molar-refractivity contribution in [1.29, 1.82) is 0 Å². The van der Waals surface area contributed by atoms with E-state index in [4.69, 9.17) is 9.72 Å². The van der Waals surface area contributed by atoms with Gasteiger partial charge in [0.2, 0.25) is 5.88 Å². The Hall–Kier alpha value is -2.69. The number of aromatic nitrogens is 3. The number of hydrogen-bond acceptors (Lipinski definition) is 5. The summed E-state index contributed by atoms with van der Waals surface area (Å²) in [5.41, 5.74) is 1.91. The SMILES string of the molecule is Cc1nccnc1OCC1CCN(c2ccc3ccccc3n2)CC1. The maximum Gasteiger partial charge on any atom is 0.235 e. The lowest BCUT2D eigenvalue weighted by Crippen LogP contribution is -2.36. The zero-order chi connectivity index (χ0) is 17.1. The second kappa shape index (κ2) is 7.05. The highest BCUT2D eigenvalue weighted by atomic mass is 16.5. The summed E-state index contributed by atoms with van der Waals surface area (Å²) in [6.07, 6.45) is 5.58. The highest BCUT2D eigenvalue weighted by molar-refractivity contribution is 5.80. The molecule has 1 aromatic carbocycles. The van der Waals surface area contributed by atoms with Crippen molar-refractivity contribution in [2.45, 2.75) is 19.8 Å². The second-order valence-corrected chi connectivity index (χ2v) is 6.55. The predicted molar refractivity (Wildman–Crippen MR) is 98.9 cm³/mol. The molecule has 1 fully saturated rings. The molecule has 3 aromatic rings. The second-order valence-electron chi connectivity index (χ2n) is 6.55. The fourth-order valence-corrected chi connectivity index (χ4v) is 3.29. The summed E-state index contributed by atoms with van der Waals surface area (Å²) in [4.78, 5) is 15.6. The Morgan fingerprint density at radius 3 is 2.68 bits per heavy atom. The van der Waals surface area contributed by atoms with Crippen LogP contribution in [-0.2, 0) is 0 Å². The summed E-state index contributed by atoms with van der Waals surface area (Å²) in [5, 5.41) is 1.19. The lowest BCUT2D eigenvalue weighted by atomic mass is 9.98. The van der Waals surface area contributed by atoms with Crippen LogP contribution in [0, 0.1) is 12.8 Å². The molecule has 0 bridgehead atoms. The van der Waals surface area contributed by atoms with Gasteiger partial charge in [0, 0.05) is 30.9 Å². The largest absolute Gasteiger partial charge is 0.476 e. The Kier molecular flexibility index (Phi) is 4.46. The molecule has 0 atom stereocenters. The molecule has 3 heterocycles. The van der Waals surface area contributed by atoms with Crippen LogP contribution < -0.4 is 9.64 Å². The van der Waals surface area contributed by atoms with E-state index >= 15 is 0 Å². The van der Waals surface area contributed by atoms with Crippen molar-refractivity contribution in [3.8, 4) is 5.88 Å². The highest BCUT2D eigenvalue weighted by Gasteiger charge is 2.21. The van der Waals surface area contributed by atoms with Crippen molar-refractivity contribution in [1.82, 2.24) is 15.0 Å². The minimum Gasteiger partial charge on any atom is -0.476 e. The lowest BCUT2D eigenvalue weighted by molar-refractivity contribution is 0.214. The first-order chi connectivity index (χ1) is 12.3. The van der Waals surface area contributed by atoms with E-state index in [0.717, 1.165) is 43.0 Å². The summed E-state index contributed by atoms with van der Waals surface area (Å²) < 4.78 is 5.87. The zero-order valence-electron chi connectivity index (χ0n) is 14.4. The van der Waals surface area contributed by atoms with Crippen LogP contribution in [0.25, 0.3) is 10.9 Å². The van der Waals surface area contributed by atoms with E-state index in [1.807, 2.05) is 19.1 Å². The molecule has 0 radical (unpaired) electrons. The van der Waals surface area contributed by atoms with Crippen LogP contribution in [0.3, 0.4) is 0 Å². The molecule has 25 heavy (non-hydrogen) atoms. The molecule has 5 nitrogen and oxygen atoms in total. The van der Waals surface area contributed by atoms with Crippen LogP contribution in [-0.4, -0.2) is 34.6 Å². The average molecular weight is 334 g/mol. The molecule has 0 unspecified atom stereocenters. The number of benzene rings is 1. The minimum atomic E-state index is 0.554. The number of aryl methyl sites for hydroxylation is 1. The first-order valence-electron chi connectivity index (χ1n) is 8.81. The number of ether oxygens (including phenoxy) is 1. The van der Waals surface area contributed by atoms with Gasteiger partial charge in [-0.25, -0.2) is 9.97 Å². The smallest absolute Gasteiger partial charge is 0.235 e. The van der Waals surface area contributed by atoms with Gasteiger partial charge in [-0.2, -0.15) is 0 Å². The van der Waals surface area contributed by atoms with E-state index < -0.39 is 0 Å². The Bertz CT molecular complexity index is 859. The summed E-state index contributed by atoms with van der Waals surface area (Å²) in [6, 6.07) is 12.5. The van der Waals surface area contributed by atoms with Crippen molar-refractivity contribution in [3.05, 3.63) is 54.5 Å². The van der Waals surface area contributed by atoms with Gasteiger partial charge in [-0.05, 0) is 43.9 Å². The van der Waals surface area contributed by atoms with Crippen LogP contribution in [0.15, 0.2) is 48.8 Å². The maximum atomic E-state index is 5.87. The van der Waals surface area contributed by atoms with Crippen molar-refractivity contribution in [3.63, 3.8) is 0 Å². The summed E-state index contributed by atoms with van der Waals surface area (Å²) >= 11 is 0. The molecule has 2 aromatic heterocycles. The average Bonchev–Trinajstić information content (AvgIpc) is 2.67. The number of fused-ring (bicyclic) bond motifs is 1. The van der Waals surface area contributed by atoms with Gasteiger partial charge in [-0.3, -0.25) is 4.98 Å². The molecule has 128 valence electrons. The molecule has 0 N–H and O–H groups in total. The van der Waals surface area contributed by atoms with Crippen LogP contribution in [0.5, 0.6) is 5.88 Å². The molecule has 1 saturated heterocycles. The number of anilines is 1. The minimum absolute atomic E-state index is 0.554. The van der Waals surface area contributed by atoms with Gasteiger partial charge in [0.25, 0.3) is 0 Å². The van der Waals surface area contributed by atoms with Gasteiger partial charge >= 0.3 is 0 Å². The summed E-state index contributed by atoms with van der Waals surface area (Å²) in [5.74, 6) is 2.28. The fraction of sp³-hybridized carbons (Fsp3) is 0.350. The molecule has 0 amide bonds. The van der Waals surface area contributed by atoms with Gasteiger partial charge < -0.3 is 9.64 Å². The molecule has 1 aliphatic heterocycles. The molecule has 4 rings (SSSR count). The lowest BCUT2D eigenvalue weighted by Gasteiger charge is -2.32. The van der Waals surface area contributed by atoms with Gasteiger partial charge in [-0.15, -0.1) is 0 Å². The quantitative estimate of drug-likeness (QED) is 0.729. The third-order valence-corrected chi connectivity index (χ3v) is 4.81. The standard InChI is InChI=1S/C20H22N4O/c1-15-20(22-11-10-21-15)25-14-16-8-12-24(13-9-16)19-7-6-17-4-2-3-5-18(17)23-19/h2-7,10-11,16H,8-9,12-14H2,1H3. The van der Waals surface area contributed by atoms with Crippen LogP contribution in [0.1, 0.15) is 18.5 Å². The number of hydrogen-bond donors (Lipinski definition) is 0. The molecule has 1 aliphatic rings. The Morgan fingerprint density at radius 1 is 1.04 bits per heavy atom. The van der Waals surface area contributed by atoms with Crippen molar-refractivity contribution < 1.29 is 4.74 Å². The molecular weight excluding hydrogens is 312 g/mol. The summed E-state index contributed by atoms with van der Waals surface area (Å²) in [7, 11) is 0. The van der Waals surface area contributed by atoms with E-state index in [2.05, 4.69) is 39.1 Å². The number of rotatable bonds is 4. The molecule has 0 saturated carbocycles.